The third-order valence-electron chi connectivity index (χ3n) is 3.05. The summed E-state index contributed by atoms with van der Waals surface area (Å²) >= 11 is 0. The topological polar surface area (TPSA) is 63.8 Å². The van der Waals surface area contributed by atoms with Crippen LogP contribution >= 0.6 is 0 Å². The van der Waals surface area contributed by atoms with Gasteiger partial charge in [-0.2, -0.15) is 5.10 Å². The highest BCUT2D eigenvalue weighted by molar-refractivity contribution is 5.62. The van der Waals surface area contributed by atoms with Gasteiger partial charge in [-0.3, -0.25) is 4.98 Å². The Balaban J connectivity index is 1.96. The second kappa shape index (κ2) is 5.80. The Morgan fingerprint density at radius 2 is 2.05 bits per heavy atom. The summed E-state index contributed by atoms with van der Waals surface area (Å²) in [4.78, 5) is 8.30. The standard InChI is InChI=1S/C15H13FN4O/c16-13-5-1-3-11(7-13)15-12(4-2-6-17-15)8-20-10-18-14(9-21)19-20/h1-7,10,21H,8-9H2. The molecule has 6 heteroatoms. The summed E-state index contributed by atoms with van der Waals surface area (Å²) in [5.41, 5.74) is 2.32. The third kappa shape index (κ3) is 2.95. The molecule has 0 unspecified atom stereocenters. The molecule has 3 rings (SSSR count). The van der Waals surface area contributed by atoms with Crippen LogP contribution in [0.4, 0.5) is 4.39 Å². The largest absolute Gasteiger partial charge is 0.388 e. The minimum Gasteiger partial charge on any atom is -0.388 e. The molecule has 106 valence electrons. The van der Waals surface area contributed by atoms with Crippen molar-refractivity contribution in [1.29, 1.82) is 0 Å². The molecule has 0 fully saturated rings. The molecule has 5 nitrogen and oxygen atoms in total. The summed E-state index contributed by atoms with van der Waals surface area (Å²) < 4.78 is 15.0. The van der Waals surface area contributed by atoms with Gasteiger partial charge in [-0.1, -0.05) is 18.2 Å². The molecule has 0 amide bonds. The van der Waals surface area contributed by atoms with Crippen molar-refractivity contribution in [3.8, 4) is 11.3 Å². The van der Waals surface area contributed by atoms with E-state index in [1.165, 1.54) is 12.1 Å². The van der Waals surface area contributed by atoms with E-state index < -0.39 is 0 Å². The first kappa shape index (κ1) is 13.4. The van der Waals surface area contributed by atoms with Gasteiger partial charge in [0.1, 0.15) is 18.8 Å². The first-order valence-corrected chi connectivity index (χ1v) is 6.45. The maximum atomic E-state index is 13.4. The molecule has 0 aliphatic carbocycles. The van der Waals surface area contributed by atoms with Crippen LogP contribution in [0.3, 0.4) is 0 Å². The molecule has 3 aromatic rings. The van der Waals surface area contributed by atoms with Crippen LogP contribution in [-0.4, -0.2) is 24.9 Å². The molecule has 0 atom stereocenters. The fourth-order valence-corrected chi connectivity index (χ4v) is 2.12. The lowest BCUT2D eigenvalue weighted by Gasteiger charge is -2.08. The second-order valence-corrected chi connectivity index (χ2v) is 4.54. The Labute approximate surface area is 120 Å². The van der Waals surface area contributed by atoms with E-state index in [-0.39, 0.29) is 12.4 Å². The zero-order valence-electron chi connectivity index (χ0n) is 11.1. The molecule has 0 bridgehead atoms. The summed E-state index contributed by atoms with van der Waals surface area (Å²) in [5, 5.41) is 13.1. The highest BCUT2D eigenvalue weighted by atomic mass is 19.1. The van der Waals surface area contributed by atoms with E-state index >= 15 is 0 Å². The first-order valence-electron chi connectivity index (χ1n) is 6.45. The normalized spacial score (nSPS) is 10.8. The molecule has 1 N–H and O–H groups in total. The molecular formula is C15H13FN4O. The minimum atomic E-state index is -0.299. The summed E-state index contributed by atoms with van der Waals surface area (Å²) in [6.45, 7) is 0.253. The van der Waals surface area contributed by atoms with Gasteiger partial charge in [0.25, 0.3) is 0 Å². The van der Waals surface area contributed by atoms with Crippen LogP contribution < -0.4 is 0 Å². The van der Waals surface area contributed by atoms with Gasteiger partial charge in [-0.25, -0.2) is 14.1 Å². The molecule has 21 heavy (non-hydrogen) atoms. The maximum Gasteiger partial charge on any atom is 0.175 e. The number of nitrogens with zero attached hydrogens (tertiary/aromatic N) is 4. The van der Waals surface area contributed by atoms with Crippen molar-refractivity contribution >= 4 is 0 Å². The van der Waals surface area contributed by atoms with Crippen LogP contribution in [0.25, 0.3) is 11.3 Å². The van der Waals surface area contributed by atoms with Gasteiger partial charge < -0.3 is 5.11 Å². The Morgan fingerprint density at radius 3 is 2.81 bits per heavy atom. The SMILES string of the molecule is OCc1ncn(Cc2cccnc2-c2cccc(F)c2)n1. The van der Waals surface area contributed by atoms with Gasteiger partial charge in [-0.15, -0.1) is 0 Å². The average Bonchev–Trinajstić information content (AvgIpc) is 2.95. The van der Waals surface area contributed by atoms with Crippen LogP contribution in [0.15, 0.2) is 48.9 Å². The predicted octanol–water partition coefficient (Wildman–Crippen LogP) is 2.02. The van der Waals surface area contributed by atoms with Crippen LogP contribution in [0.5, 0.6) is 0 Å². The van der Waals surface area contributed by atoms with E-state index in [1.807, 2.05) is 18.2 Å². The lowest BCUT2D eigenvalue weighted by atomic mass is 10.1. The van der Waals surface area contributed by atoms with Crippen molar-refractivity contribution in [2.24, 2.45) is 0 Å². The van der Waals surface area contributed by atoms with Crippen molar-refractivity contribution in [3.63, 3.8) is 0 Å². The van der Waals surface area contributed by atoms with Gasteiger partial charge in [0.15, 0.2) is 5.82 Å². The van der Waals surface area contributed by atoms with Crippen LogP contribution in [0, 0.1) is 5.82 Å². The number of benzene rings is 1. The first-order chi connectivity index (χ1) is 10.3. The number of aliphatic hydroxyl groups is 1. The zero-order chi connectivity index (χ0) is 14.7. The Kier molecular flexibility index (Phi) is 3.70. The molecule has 2 heterocycles. The van der Waals surface area contributed by atoms with Crippen LogP contribution in [0.2, 0.25) is 0 Å². The van der Waals surface area contributed by atoms with E-state index in [0.29, 0.717) is 23.6 Å². The summed E-state index contributed by atoms with van der Waals surface area (Å²) in [6.07, 6.45) is 3.22. The van der Waals surface area contributed by atoms with Crippen molar-refractivity contribution < 1.29 is 9.50 Å². The fraction of sp³-hybridized carbons (Fsp3) is 0.133. The van der Waals surface area contributed by atoms with Crippen molar-refractivity contribution in [2.75, 3.05) is 0 Å². The molecule has 0 spiro atoms. The number of halogens is 1. The fourth-order valence-electron chi connectivity index (χ4n) is 2.12. The van der Waals surface area contributed by atoms with Crippen molar-refractivity contribution in [1.82, 2.24) is 19.7 Å². The highest BCUT2D eigenvalue weighted by Gasteiger charge is 2.09. The summed E-state index contributed by atoms with van der Waals surface area (Å²) in [5.74, 6) is 0.0682. The van der Waals surface area contributed by atoms with Crippen molar-refractivity contribution in [3.05, 3.63) is 66.1 Å². The summed E-state index contributed by atoms with van der Waals surface area (Å²) in [6, 6.07) is 10.1. The zero-order valence-corrected chi connectivity index (χ0v) is 11.1. The number of hydrogen-bond acceptors (Lipinski definition) is 4. The van der Waals surface area contributed by atoms with Crippen molar-refractivity contribution in [2.45, 2.75) is 13.2 Å². The van der Waals surface area contributed by atoms with Gasteiger partial charge in [0.05, 0.1) is 12.2 Å². The molecule has 0 radical (unpaired) electrons. The summed E-state index contributed by atoms with van der Waals surface area (Å²) in [7, 11) is 0. The molecule has 0 saturated carbocycles. The maximum absolute atomic E-state index is 13.4. The monoisotopic (exact) mass is 284 g/mol. The third-order valence-corrected chi connectivity index (χ3v) is 3.05. The predicted molar refractivity (Wildman–Crippen MR) is 74.7 cm³/mol. The van der Waals surface area contributed by atoms with Crippen LogP contribution in [0.1, 0.15) is 11.4 Å². The van der Waals surface area contributed by atoms with Gasteiger partial charge in [0, 0.05) is 11.8 Å². The average molecular weight is 284 g/mol. The Hall–Kier alpha value is -2.60. The van der Waals surface area contributed by atoms with E-state index in [2.05, 4.69) is 15.1 Å². The molecule has 0 aliphatic heterocycles. The van der Waals surface area contributed by atoms with E-state index in [4.69, 9.17) is 5.11 Å². The van der Waals surface area contributed by atoms with Gasteiger partial charge in [0.2, 0.25) is 0 Å². The Morgan fingerprint density at radius 1 is 1.14 bits per heavy atom. The molecule has 2 aromatic heterocycles. The second-order valence-electron chi connectivity index (χ2n) is 4.54. The lowest BCUT2D eigenvalue weighted by molar-refractivity contribution is 0.271. The molecular weight excluding hydrogens is 271 g/mol. The van der Waals surface area contributed by atoms with E-state index in [9.17, 15) is 4.39 Å². The lowest BCUT2D eigenvalue weighted by Crippen LogP contribution is -2.04. The van der Waals surface area contributed by atoms with Gasteiger partial charge >= 0.3 is 0 Å². The Bertz CT molecular complexity index is 757. The smallest absolute Gasteiger partial charge is 0.175 e. The molecule has 1 aromatic carbocycles. The minimum absolute atomic E-state index is 0.198. The number of aliphatic hydroxyl groups excluding tert-OH is 1. The van der Waals surface area contributed by atoms with E-state index in [0.717, 1.165) is 5.56 Å². The molecule has 0 aliphatic rings. The number of pyridine rings is 1. The van der Waals surface area contributed by atoms with Gasteiger partial charge in [-0.05, 0) is 23.8 Å². The highest BCUT2D eigenvalue weighted by Crippen LogP contribution is 2.22. The van der Waals surface area contributed by atoms with Crippen LogP contribution in [-0.2, 0) is 13.2 Å². The number of hydrogen-bond donors (Lipinski definition) is 1. The van der Waals surface area contributed by atoms with E-state index in [1.54, 1.807) is 23.3 Å². The molecule has 0 saturated heterocycles. The number of aromatic nitrogens is 4. The quantitative estimate of drug-likeness (QED) is 0.796. The number of rotatable bonds is 4.